The molecule has 2 aromatic rings. The number of hydrogen-bond acceptors (Lipinski definition) is 4. The Kier molecular flexibility index (Phi) is 6.32. The lowest BCUT2D eigenvalue weighted by Gasteiger charge is -2.07. The normalized spacial score (nSPS) is 10.6. The standard InChI is InChI=1S/C20H20O4/c1-15(21)23-19-13-7-5-11-17(19)9-3-4-10-18-12-6-8-14-20(18)24-16(2)22/h3-8,11-14H,9-10H2,1-2H3/b4-3+. The first-order valence-electron chi connectivity index (χ1n) is 7.74. The maximum Gasteiger partial charge on any atom is 0.308 e. The van der Waals surface area contributed by atoms with Gasteiger partial charge in [-0.3, -0.25) is 9.59 Å². The van der Waals surface area contributed by atoms with Gasteiger partial charge in [0.1, 0.15) is 11.5 Å². The Bertz CT molecular complexity index is 683. The highest BCUT2D eigenvalue weighted by atomic mass is 16.5. The molecular formula is C20H20O4. The van der Waals surface area contributed by atoms with E-state index in [9.17, 15) is 9.59 Å². The first-order chi connectivity index (χ1) is 11.6. The van der Waals surface area contributed by atoms with E-state index in [1.807, 2.05) is 48.6 Å². The summed E-state index contributed by atoms with van der Waals surface area (Å²) in [4.78, 5) is 22.2. The summed E-state index contributed by atoms with van der Waals surface area (Å²) < 4.78 is 10.4. The lowest BCUT2D eigenvalue weighted by Crippen LogP contribution is -2.04. The van der Waals surface area contributed by atoms with Crippen LogP contribution in [0.5, 0.6) is 11.5 Å². The number of allylic oxidation sites excluding steroid dienone is 2. The molecule has 0 heterocycles. The zero-order chi connectivity index (χ0) is 17.4. The van der Waals surface area contributed by atoms with Crippen molar-refractivity contribution in [2.24, 2.45) is 0 Å². The summed E-state index contributed by atoms with van der Waals surface area (Å²) in [5.41, 5.74) is 1.88. The summed E-state index contributed by atoms with van der Waals surface area (Å²) >= 11 is 0. The van der Waals surface area contributed by atoms with Gasteiger partial charge < -0.3 is 9.47 Å². The molecule has 0 unspecified atom stereocenters. The van der Waals surface area contributed by atoms with E-state index in [4.69, 9.17) is 9.47 Å². The zero-order valence-electron chi connectivity index (χ0n) is 13.8. The van der Waals surface area contributed by atoms with Gasteiger partial charge in [0.15, 0.2) is 0 Å². The van der Waals surface area contributed by atoms with Crippen molar-refractivity contribution < 1.29 is 19.1 Å². The highest BCUT2D eigenvalue weighted by molar-refractivity contribution is 5.70. The molecule has 4 heteroatoms. The fourth-order valence-electron chi connectivity index (χ4n) is 2.27. The second kappa shape index (κ2) is 8.67. The summed E-state index contributed by atoms with van der Waals surface area (Å²) in [6.45, 7) is 2.77. The second-order valence-corrected chi connectivity index (χ2v) is 5.28. The maximum atomic E-state index is 11.1. The number of hydrogen-bond donors (Lipinski definition) is 0. The molecule has 0 spiro atoms. The molecule has 0 amide bonds. The van der Waals surface area contributed by atoms with Crippen LogP contribution < -0.4 is 9.47 Å². The molecule has 0 bridgehead atoms. The van der Waals surface area contributed by atoms with E-state index in [1.165, 1.54) is 13.8 Å². The van der Waals surface area contributed by atoms with Crippen LogP contribution in [0.3, 0.4) is 0 Å². The first kappa shape index (κ1) is 17.5. The monoisotopic (exact) mass is 324 g/mol. The van der Waals surface area contributed by atoms with Crippen LogP contribution >= 0.6 is 0 Å². The largest absolute Gasteiger partial charge is 0.426 e. The van der Waals surface area contributed by atoms with Gasteiger partial charge >= 0.3 is 11.9 Å². The fraction of sp³-hybridized carbons (Fsp3) is 0.200. The molecule has 24 heavy (non-hydrogen) atoms. The van der Waals surface area contributed by atoms with E-state index in [1.54, 1.807) is 12.1 Å². The summed E-state index contributed by atoms with van der Waals surface area (Å²) in [5, 5.41) is 0. The smallest absolute Gasteiger partial charge is 0.308 e. The fourth-order valence-corrected chi connectivity index (χ4v) is 2.27. The second-order valence-electron chi connectivity index (χ2n) is 5.28. The van der Waals surface area contributed by atoms with Crippen molar-refractivity contribution in [3.05, 3.63) is 71.8 Å². The van der Waals surface area contributed by atoms with Crippen molar-refractivity contribution in [3.8, 4) is 11.5 Å². The molecule has 0 aromatic heterocycles. The van der Waals surface area contributed by atoms with E-state index in [0.717, 1.165) is 11.1 Å². The van der Waals surface area contributed by atoms with Crippen molar-refractivity contribution in [3.63, 3.8) is 0 Å². The van der Waals surface area contributed by atoms with Gasteiger partial charge in [-0.2, -0.15) is 0 Å². The third-order valence-corrected chi connectivity index (χ3v) is 3.29. The van der Waals surface area contributed by atoms with Crippen LogP contribution in [0.2, 0.25) is 0 Å². The van der Waals surface area contributed by atoms with E-state index >= 15 is 0 Å². The number of benzene rings is 2. The predicted molar refractivity (Wildman–Crippen MR) is 92.1 cm³/mol. The molecule has 0 saturated carbocycles. The van der Waals surface area contributed by atoms with E-state index in [2.05, 4.69) is 0 Å². The minimum atomic E-state index is -0.332. The number of rotatable bonds is 6. The van der Waals surface area contributed by atoms with Crippen LogP contribution in [0.4, 0.5) is 0 Å². The van der Waals surface area contributed by atoms with Crippen molar-refractivity contribution in [2.45, 2.75) is 26.7 Å². The maximum absolute atomic E-state index is 11.1. The molecule has 0 atom stereocenters. The van der Waals surface area contributed by atoms with Crippen LogP contribution in [0, 0.1) is 0 Å². The molecule has 124 valence electrons. The molecule has 0 radical (unpaired) electrons. The van der Waals surface area contributed by atoms with Crippen LogP contribution in [-0.4, -0.2) is 11.9 Å². The first-order valence-corrected chi connectivity index (χ1v) is 7.74. The molecule has 0 fully saturated rings. The molecule has 0 N–H and O–H groups in total. The third kappa shape index (κ3) is 5.39. The Morgan fingerprint density at radius 1 is 0.750 bits per heavy atom. The van der Waals surface area contributed by atoms with Crippen LogP contribution in [0.15, 0.2) is 60.7 Å². The Labute approximate surface area is 141 Å². The Morgan fingerprint density at radius 2 is 1.12 bits per heavy atom. The van der Waals surface area contributed by atoms with Gasteiger partial charge in [0.05, 0.1) is 0 Å². The van der Waals surface area contributed by atoms with Gasteiger partial charge in [-0.1, -0.05) is 48.6 Å². The highest BCUT2D eigenvalue weighted by Gasteiger charge is 2.05. The van der Waals surface area contributed by atoms with E-state index < -0.39 is 0 Å². The van der Waals surface area contributed by atoms with Crippen LogP contribution in [-0.2, 0) is 22.4 Å². The highest BCUT2D eigenvalue weighted by Crippen LogP contribution is 2.21. The van der Waals surface area contributed by atoms with Crippen LogP contribution in [0.25, 0.3) is 0 Å². The molecule has 2 aromatic carbocycles. The summed E-state index contributed by atoms with van der Waals surface area (Å²) in [7, 11) is 0. The lowest BCUT2D eigenvalue weighted by atomic mass is 10.1. The molecule has 0 aliphatic rings. The third-order valence-electron chi connectivity index (χ3n) is 3.29. The van der Waals surface area contributed by atoms with Crippen molar-refractivity contribution in [2.75, 3.05) is 0 Å². The number of para-hydroxylation sites is 2. The topological polar surface area (TPSA) is 52.6 Å². The average molecular weight is 324 g/mol. The number of carbonyl (C=O) groups is 2. The molecule has 4 nitrogen and oxygen atoms in total. The Hall–Kier alpha value is -2.88. The SMILES string of the molecule is CC(=O)Oc1ccccc1C/C=C/Cc1ccccc1OC(C)=O. The molecule has 0 aliphatic heterocycles. The summed E-state index contributed by atoms with van der Waals surface area (Å²) in [6, 6.07) is 14.9. The lowest BCUT2D eigenvalue weighted by molar-refractivity contribution is -0.132. The predicted octanol–water partition coefficient (Wildman–Crippen LogP) is 3.88. The molecule has 0 aliphatic carbocycles. The summed E-state index contributed by atoms with van der Waals surface area (Å²) in [6.07, 6.45) is 5.32. The number of carbonyl (C=O) groups excluding carboxylic acids is 2. The van der Waals surface area contributed by atoms with E-state index in [-0.39, 0.29) is 11.9 Å². The molecule has 0 saturated heterocycles. The Balaban J connectivity index is 2.01. The quantitative estimate of drug-likeness (QED) is 0.460. The van der Waals surface area contributed by atoms with Crippen molar-refractivity contribution in [1.82, 2.24) is 0 Å². The minimum Gasteiger partial charge on any atom is -0.426 e. The molecular weight excluding hydrogens is 304 g/mol. The summed E-state index contributed by atoms with van der Waals surface area (Å²) in [5.74, 6) is 0.494. The minimum absolute atomic E-state index is 0.332. The Morgan fingerprint density at radius 3 is 1.50 bits per heavy atom. The van der Waals surface area contributed by atoms with Gasteiger partial charge in [0, 0.05) is 13.8 Å². The zero-order valence-corrected chi connectivity index (χ0v) is 13.8. The van der Waals surface area contributed by atoms with Gasteiger partial charge in [-0.15, -0.1) is 0 Å². The number of esters is 2. The van der Waals surface area contributed by atoms with Crippen molar-refractivity contribution >= 4 is 11.9 Å². The van der Waals surface area contributed by atoms with Crippen LogP contribution in [0.1, 0.15) is 25.0 Å². The van der Waals surface area contributed by atoms with Gasteiger partial charge in [-0.25, -0.2) is 0 Å². The van der Waals surface area contributed by atoms with Gasteiger partial charge in [0.2, 0.25) is 0 Å². The molecule has 2 rings (SSSR count). The number of ether oxygens (including phenoxy) is 2. The van der Waals surface area contributed by atoms with Gasteiger partial charge in [0.25, 0.3) is 0 Å². The van der Waals surface area contributed by atoms with Gasteiger partial charge in [-0.05, 0) is 36.1 Å². The van der Waals surface area contributed by atoms with E-state index in [0.29, 0.717) is 24.3 Å². The average Bonchev–Trinajstić information content (AvgIpc) is 2.53. The van der Waals surface area contributed by atoms with Crippen molar-refractivity contribution in [1.29, 1.82) is 0 Å².